The molecule has 0 aromatic heterocycles. The predicted octanol–water partition coefficient (Wildman–Crippen LogP) is 1.62. The van der Waals surface area contributed by atoms with Gasteiger partial charge in [0.1, 0.15) is 12.3 Å². The third-order valence-electron chi connectivity index (χ3n) is 5.22. The molecule has 0 saturated carbocycles. The number of carbonyl (C=O) groups excluding carboxylic acids is 3. The predicted molar refractivity (Wildman–Crippen MR) is 104 cm³/mol. The normalized spacial score (nSPS) is 20.0. The average Bonchev–Trinajstić information content (AvgIpc) is 3.09. The van der Waals surface area contributed by atoms with Crippen LogP contribution < -0.4 is 9.80 Å². The van der Waals surface area contributed by atoms with E-state index in [2.05, 4.69) is 0 Å². The first-order chi connectivity index (χ1) is 13.5. The highest BCUT2D eigenvalue weighted by molar-refractivity contribution is 6.02. The number of carbonyl (C=O) groups is 3. The molecule has 2 aliphatic rings. The summed E-state index contributed by atoms with van der Waals surface area (Å²) in [6.45, 7) is 1.15. The van der Waals surface area contributed by atoms with Crippen molar-refractivity contribution in [3.63, 3.8) is 0 Å². The van der Waals surface area contributed by atoms with Gasteiger partial charge in [0.25, 0.3) is 0 Å². The van der Waals surface area contributed by atoms with Crippen molar-refractivity contribution >= 4 is 29.1 Å². The van der Waals surface area contributed by atoms with Crippen LogP contribution in [0, 0.1) is 5.92 Å². The number of aromatic hydroxyl groups is 1. The summed E-state index contributed by atoms with van der Waals surface area (Å²) in [4.78, 5) is 42.6. The van der Waals surface area contributed by atoms with Crippen LogP contribution in [-0.4, -0.2) is 53.9 Å². The van der Waals surface area contributed by atoms with Crippen molar-refractivity contribution in [2.75, 3.05) is 36.0 Å². The summed E-state index contributed by atoms with van der Waals surface area (Å²) in [5.41, 5.74) is 1.40. The number of phenolic OH excluding ortho intramolecular Hbond substituents is 1. The second-order valence-corrected chi connectivity index (χ2v) is 7.07. The zero-order valence-corrected chi connectivity index (χ0v) is 15.3. The lowest BCUT2D eigenvalue weighted by molar-refractivity contribution is -0.140. The van der Waals surface area contributed by atoms with Crippen LogP contribution in [0.3, 0.4) is 0 Å². The molecule has 4 rings (SSSR count). The van der Waals surface area contributed by atoms with E-state index < -0.39 is 5.92 Å². The number of rotatable bonds is 3. The van der Waals surface area contributed by atoms with Crippen LogP contribution in [-0.2, 0) is 14.4 Å². The summed E-state index contributed by atoms with van der Waals surface area (Å²) in [6.07, 6.45) is 0.113. The molecule has 144 valence electrons. The van der Waals surface area contributed by atoms with Gasteiger partial charge in [0.15, 0.2) is 0 Å². The summed E-state index contributed by atoms with van der Waals surface area (Å²) in [5, 5.41) is 9.63. The van der Waals surface area contributed by atoms with Crippen molar-refractivity contribution < 1.29 is 19.5 Å². The number of hydrogen-bond donors (Lipinski definition) is 1. The lowest BCUT2D eigenvalue weighted by atomic mass is 10.1. The smallest absolute Gasteiger partial charge is 0.246 e. The summed E-state index contributed by atoms with van der Waals surface area (Å²) in [7, 11) is 0. The molecular weight excluding hydrogens is 358 g/mol. The molecular formula is C21H21N3O4. The maximum absolute atomic E-state index is 12.9. The van der Waals surface area contributed by atoms with Crippen LogP contribution >= 0.6 is 0 Å². The minimum absolute atomic E-state index is 0.0184. The Hall–Kier alpha value is -3.35. The number of phenols is 1. The fourth-order valence-corrected chi connectivity index (χ4v) is 3.78. The Kier molecular flexibility index (Phi) is 4.73. The minimum Gasteiger partial charge on any atom is -0.508 e. The number of nitrogens with zero attached hydrogens (tertiary/aromatic N) is 3. The molecule has 28 heavy (non-hydrogen) atoms. The number of anilines is 2. The van der Waals surface area contributed by atoms with Crippen LogP contribution in [0.15, 0.2) is 54.6 Å². The molecule has 0 radical (unpaired) electrons. The maximum Gasteiger partial charge on any atom is 0.246 e. The standard InChI is InChI=1S/C21H21N3O4/c25-18-8-4-7-17(12-18)24-13-15(11-19(24)26)21(28)22-9-10-23(20(27)14-22)16-5-2-1-3-6-16/h1-8,12,15,25H,9-11,13-14H2/t15-/m1/s1. The van der Waals surface area contributed by atoms with Gasteiger partial charge in [-0.1, -0.05) is 24.3 Å². The second-order valence-electron chi connectivity index (χ2n) is 7.07. The Bertz CT molecular complexity index is 915. The first-order valence-electron chi connectivity index (χ1n) is 9.26. The van der Waals surface area contributed by atoms with E-state index in [1.165, 1.54) is 17.0 Å². The van der Waals surface area contributed by atoms with Crippen LogP contribution in [0.4, 0.5) is 11.4 Å². The Morgan fingerprint density at radius 1 is 0.893 bits per heavy atom. The monoisotopic (exact) mass is 379 g/mol. The Morgan fingerprint density at radius 3 is 2.36 bits per heavy atom. The number of para-hydroxylation sites is 1. The lowest BCUT2D eigenvalue weighted by Crippen LogP contribution is -2.54. The lowest BCUT2D eigenvalue weighted by Gasteiger charge is -2.35. The summed E-state index contributed by atoms with van der Waals surface area (Å²) < 4.78 is 0. The Labute approximate surface area is 162 Å². The van der Waals surface area contributed by atoms with E-state index in [1.54, 1.807) is 21.9 Å². The average molecular weight is 379 g/mol. The summed E-state index contributed by atoms with van der Waals surface area (Å²) in [6, 6.07) is 15.8. The van der Waals surface area contributed by atoms with Gasteiger partial charge >= 0.3 is 0 Å². The fraction of sp³-hybridized carbons (Fsp3) is 0.286. The summed E-state index contributed by atoms with van der Waals surface area (Å²) >= 11 is 0. The van der Waals surface area contributed by atoms with Gasteiger partial charge in [0, 0.05) is 43.5 Å². The highest BCUT2D eigenvalue weighted by Gasteiger charge is 2.39. The minimum atomic E-state index is -0.481. The third-order valence-corrected chi connectivity index (χ3v) is 5.22. The van der Waals surface area contributed by atoms with Gasteiger partial charge in [-0.15, -0.1) is 0 Å². The first kappa shape index (κ1) is 18.0. The van der Waals surface area contributed by atoms with Gasteiger partial charge in [0.05, 0.1) is 5.92 Å². The van der Waals surface area contributed by atoms with E-state index in [9.17, 15) is 19.5 Å². The quantitative estimate of drug-likeness (QED) is 0.879. The maximum atomic E-state index is 12.9. The molecule has 2 heterocycles. The van der Waals surface area contributed by atoms with Crippen molar-refractivity contribution in [2.45, 2.75) is 6.42 Å². The largest absolute Gasteiger partial charge is 0.508 e. The van der Waals surface area contributed by atoms with E-state index >= 15 is 0 Å². The van der Waals surface area contributed by atoms with Gasteiger partial charge in [-0.3, -0.25) is 14.4 Å². The number of benzene rings is 2. The number of hydrogen-bond acceptors (Lipinski definition) is 4. The van der Waals surface area contributed by atoms with Crippen molar-refractivity contribution in [3.05, 3.63) is 54.6 Å². The molecule has 2 saturated heterocycles. The van der Waals surface area contributed by atoms with E-state index in [-0.39, 0.29) is 43.0 Å². The zero-order valence-electron chi connectivity index (χ0n) is 15.3. The SMILES string of the molecule is O=C([C@@H]1CC(=O)N(c2cccc(O)c2)C1)N1CCN(c2ccccc2)C(=O)C1. The van der Waals surface area contributed by atoms with Gasteiger partial charge in [0.2, 0.25) is 17.7 Å². The molecule has 0 spiro atoms. The number of piperazine rings is 1. The molecule has 0 aliphatic carbocycles. The van der Waals surface area contributed by atoms with Crippen LogP contribution in [0.1, 0.15) is 6.42 Å². The van der Waals surface area contributed by atoms with Gasteiger partial charge in [-0.05, 0) is 24.3 Å². The van der Waals surface area contributed by atoms with Crippen molar-refractivity contribution in [2.24, 2.45) is 5.92 Å². The first-order valence-corrected chi connectivity index (χ1v) is 9.26. The molecule has 0 bridgehead atoms. The van der Waals surface area contributed by atoms with E-state index in [0.717, 1.165) is 5.69 Å². The molecule has 2 aliphatic heterocycles. The number of amides is 3. The topological polar surface area (TPSA) is 81.2 Å². The molecule has 2 aromatic rings. The molecule has 7 heteroatoms. The van der Waals surface area contributed by atoms with E-state index in [0.29, 0.717) is 18.8 Å². The molecule has 1 N–H and O–H groups in total. The fourth-order valence-electron chi connectivity index (χ4n) is 3.78. The molecule has 2 aromatic carbocycles. The third kappa shape index (κ3) is 3.43. The molecule has 7 nitrogen and oxygen atoms in total. The molecule has 0 unspecified atom stereocenters. The van der Waals surface area contributed by atoms with Crippen LogP contribution in [0.25, 0.3) is 0 Å². The Balaban J connectivity index is 1.42. The van der Waals surface area contributed by atoms with Gasteiger partial charge < -0.3 is 19.8 Å². The molecule has 2 fully saturated rings. The van der Waals surface area contributed by atoms with E-state index in [4.69, 9.17) is 0 Å². The Morgan fingerprint density at radius 2 is 1.64 bits per heavy atom. The second kappa shape index (κ2) is 7.34. The van der Waals surface area contributed by atoms with Crippen molar-refractivity contribution in [3.8, 4) is 5.75 Å². The molecule has 1 atom stereocenters. The van der Waals surface area contributed by atoms with Gasteiger partial charge in [-0.2, -0.15) is 0 Å². The van der Waals surface area contributed by atoms with Crippen molar-refractivity contribution in [1.29, 1.82) is 0 Å². The van der Waals surface area contributed by atoms with Crippen LogP contribution in [0.2, 0.25) is 0 Å². The zero-order chi connectivity index (χ0) is 19.7. The van der Waals surface area contributed by atoms with Gasteiger partial charge in [-0.25, -0.2) is 0 Å². The summed E-state index contributed by atoms with van der Waals surface area (Å²) in [5.74, 6) is -0.858. The highest BCUT2D eigenvalue weighted by atomic mass is 16.3. The van der Waals surface area contributed by atoms with Crippen LogP contribution in [0.5, 0.6) is 5.75 Å². The molecule has 3 amide bonds. The van der Waals surface area contributed by atoms with Crippen molar-refractivity contribution in [1.82, 2.24) is 4.90 Å². The highest BCUT2D eigenvalue weighted by Crippen LogP contribution is 2.29. The van der Waals surface area contributed by atoms with E-state index in [1.807, 2.05) is 30.3 Å².